The zero-order chi connectivity index (χ0) is 24.8. The summed E-state index contributed by atoms with van der Waals surface area (Å²) >= 11 is 1.38. The number of carbonyl (C=O) groups is 2. The molecule has 1 amide bonds. The van der Waals surface area contributed by atoms with E-state index in [-0.39, 0.29) is 31.4 Å². The number of hydrogen-bond donors (Lipinski definition) is 1. The highest BCUT2D eigenvalue weighted by atomic mass is 32.2. The van der Waals surface area contributed by atoms with Crippen LogP contribution in [0.4, 0.5) is 4.39 Å². The molecule has 1 unspecified atom stereocenters. The van der Waals surface area contributed by atoms with E-state index in [1.165, 1.54) is 31.0 Å². The van der Waals surface area contributed by atoms with Crippen molar-refractivity contribution in [2.24, 2.45) is 4.99 Å². The van der Waals surface area contributed by atoms with Crippen molar-refractivity contribution in [2.75, 3.05) is 20.3 Å². The molecule has 2 aromatic rings. The Morgan fingerprint density at radius 2 is 1.89 bits per heavy atom. The Hall–Kier alpha value is -3.50. The number of thioether (sulfide) groups is 1. The second kappa shape index (κ2) is 11.3. The van der Waals surface area contributed by atoms with Gasteiger partial charge in [0.15, 0.2) is 5.17 Å². The first-order chi connectivity index (χ1) is 17.0. The number of nitrogens with one attached hydrogen (secondary N) is 1. The number of amides is 1. The molecule has 1 aromatic carbocycles. The summed E-state index contributed by atoms with van der Waals surface area (Å²) in [7, 11) is 1.52. The van der Waals surface area contributed by atoms with E-state index in [0.717, 1.165) is 5.56 Å². The normalized spacial score (nSPS) is 17.0. The topological polar surface area (TPSA) is 93.1 Å². The fourth-order valence-electron chi connectivity index (χ4n) is 3.81. The first-order valence-electron chi connectivity index (χ1n) is 11.0. The highest BCUT2D eigenvalue weighted by Gasteiger charge is 2.41. The number of methoxy groups -OCH3 is 1. The Kier molecular flexibility index (Phi) is 7.94. The van der Waals surface area contributed by atoms with Crippen LogP contribution in [0.2, 0.25) is 0 Å². The van der Waals surface area contributed by atoms with Gasteiger partial charge >= 0.3 is 5.97 Å². The van der Waals surface area contributed by atoms with E-state index < -0.39 is 12.0 Å². The lowest BCUT2D eigenvalue weighted by Gasteiger charge is -2.36. The molecule has 182 valence electrons. The predicted octanol–water partition coefficient (Wildman–Crippen LogP) is 3.69. The van der Waals surface area contributed by atoms with Gasteiger partial charge in [0.1, 0.15) is 12.4 Å². The average molecular weight is 497 g/mol. The maximum Gasteiger partial charge on any atom is 0.338 e. The summed E-state index contributed by atoms with van der Waals surface area (Å²) in [5, 5.41) is 5.41. The minimum Gasteiger partial charge on any atom is -0.460 e. The Balaban J connectivity index is 1.59. The molecule has 0 spiro atoms. The number of benzene rings is 1. The third-order valence-corrected chi connectivity index (χ3v) is 6.40. The lowest BCUT2D eigenvalue weighted by Crippen LogP contribution is -2.38. The molecule has 0 radical (unpaired) electrons. The van der Waals surface area contributed by atoms with Crippen molar-refractivity contribution in [3.63, 3.8) is 0 Å². The van der Waals surface area contributed by atoms with Crippen LogP contribution in [0, 0.1) is 5.82 Å². The van der Waals surface area contributed by atoms with E-state index in [1.807, 2.05) is 22.4 Å². The molecule has 1 atom stereocenters. The van der Waals surface area contributed by atoms with Gasteiger partial charge in [-0.3, -0.25) is 9.78 Å². The van der Waals surface area contributed by atoms with Crippen molar-refractivity contribution in [2.45, 2.75) is 25.9 Å². The van der Waals surface area contributed by atoms with Crippen LogP contribution in [0.25, 0.3) is 0 Å². The Labute approximate surface area is 206 Å². The van der Waals surface area contributed by atoms with Crippen LogP contribution in [0.3, 0.4) is 0 Å². The molecule has 0 fully saturated rings. The Bertz CT molecular complexity index is 1180. The molecular formula is C25H25FN4O4S. The van der Waals surface area contributed by atoms with Gasteiger partial charge in [0.25, 0.3) is 0 Å². The Morgan fingerprint density at radius 1 is 1.14 bits per heavy atom. The van der Waals surface area contributed by atoms with E-state index in [1.54, 1.807) is 31.5 Å². The molecule has 2 aliphatic rings. The first-order valence-corrected chi connectivity index (χ1v) is 11.9. The number of nitrogens with zero attached hydrogens (tertiary/aromatic N) is 3. The summed E-state index contributed by atoms with van der Waals surface area (Å²) in [5.74, 6) is -1.09. The highest BCUT2D eigenvalue weighted by Crippen LogP contribution is 2.44. The maximum atomic E-state index is 13.7. The van der Waals surface area contributed by atoms with Crippen LogP contribution in [0.5, 0.6) is 0 Å². The quantitative estimate of drug-likeness (QED) is 0.418. The predicted molar refractivity (Wildman–Crippen MR) is 130 cm³/mol. The smallest absolute Gasteiger partial charge is 0.338 e. The number of fused-ring (bicyclic) bond motifs is 1. The van der Waals surface area contributed by atoms with E-state index in [4.69, 9.17) is 9.47 Å². The number of aliphatic imine (C=N–C) groups is 1. The lowest BCUT2D eigenvalue weighted by atomic mass is 9.94. The van der Waals surface area contributed by atoms with Gasteiger partial charge in [0.2, 0.25) is 5.91 Å². The number of aromatic nitrogens is 1. The molecule has 0 saturated carbocycles. The third-order valence-electron chi connectivity index (χ3n) is 5.51. The second-order valence-corrected chi connectivity index (χ2v) is 8.72. The SMILES string of the molecule is COCCOC(=O)C1=C(C)N=C2SC=C(CC(=O)NCc3ccncc3)N2C1c1ccc(F)cc1. The molecule has 4 rings (SSSR count). The van der Waals surface area contributed by atoms with E-state index in [0.29, 0.717) is 34.2 Å². The first kappa shape index (κ1) is 24.6. The number of pyridine rings is 1. The molecule has 1 aromatic heterocycles. The number of amidine groups is 1. The molecule has 1 N–H and O–H groups in total. The van der Waals surface area contributed by atoms with Crippen molar-refractivity contribution < 1.29 is 23.5 Å². The molecule has 35 heavy (non-hydrogen) atoms. The van der Waals surface area contributed by atoms with E-state index in [9.17, 15) is 14.0 Å². The van der Waals surface area contributed by atoms with Crippen LogP contribution in [0.1, 0.15) is 30.5 Å². The minimum atomic E-state index is -0.618. The number of halogens is 1. The van der Waals surface area contributed by atoms with Gasteiger partial charge < -0.3 is 19.7 Å². The summed E-state index contributed by atoms with van der Waals surface area (Å²) in [6, 6.07) is 8.99. The largest absolute Gasteiger partial charge is 0.460 e. The van der Waals surface area contributed by atoms with Crippen molar-refractivity contribution >= 4 is 28.8 Å². The number of esters is 1. The minimum absolute atomic E-state index is 0.0832. The zero-order valence-electron chi connectivity index (χ0n) is 19.4. The van der Waals surface area contributed by atoms with E-state index >= 15 is 0 Å². The average Bonchev–Trinajstić information content (AvgIpc) is 3.25. The van der Waals surface area contributed by atoms with Gasteiger partial charge in [0.05, 0.1) is 30.3 Å². The monoisotopic (exact) mass is 496 g/mol. The molecule has 3 heterocycles. The van der Waals surface area contributed by atoms with E-state index in [2.05, 4.69) is 15.3 Å². The van der Waals surface area contributed by atoms with Crippen LogP contribution in [-0.4, -0.2) is 47.3 Å². The van der Waals surface area contributed by atoms with Crippen molar-refractivity contribution in [3.8, 4) is 0 Å². The van der Waals surface area contributed by atoms with Gasteiger partial charge in [-0.25, -0.2) is 14.2 Å². The number of carbonyl (C=O) groups excluding carboxylic acids is 2. The van der Waals surface area contributed by atoms with Crippen LogP contribution in [0.15, 0.2) is 76.2 Å². The molecule has 0 saturated heterocycles. The number of rotatable bonds is 9. The van der Waals surface area contributed by atoms with Gasteiger partial charge in [-0.1, -0.05) is 23.9 Å². The summed E-state index contributed by atoms with van der Waals surface area (Å²) in [6.07, 6.45) is 3.42. The lowest BCUT2D eigenvalue weighted by molar-refractivity contribution is -0.141. The molecule has 10 heteroatoms. The number of hydrogen-bond acceptors (Lipinski definition) is 8. The zero-order valence-corrected chi connectivity index (χ0v) is 20.2. The van der Waals surface area contributed by atoms with Gasteiger partial charge in [-0.05, 0) is 47.7 Å². The number of allylic oxidation sites excluding steroid dienone is 1. The van der Waals surface area contributed by atoms with Gasteiger partial charge in [0, 0.05) is 31.7 Å². The molecule has 0 aliphatic carbocycles. The molecular weight excluding hydrogens is 471 g/mol. The standard InChI is InChI=1S/C25H25FN4O4S/c1-16-22(24(32)34-12-11-33-2)23(18-3-5-19(26)6-4-18)30-20(15-35-25(30)29-16)13-21(31)28-14-17-7-9-27-10-8-17/h3-10,15,23H,11-14H2,1-2H3,(H,28,31). The molecule has 2 aliphatic heterocycles. The van der Waals surface area contributed by atoms with Crippen LogP contribution in [-0.2, 0) is 25.6 Å². The van der Waals surface area contributed by atoms with Crippen LogP contribution >= 0.6 is 11.8 Å². The van der Waals surface area contributed by atoms with Crippen molar-refractivity contribution in [3.05, 3.63) is 88.1 Å². The Morgan fingerprint density at radius 3 is 2.60 bits per heavy atom. The van der Waals surface area contributed by atoms with Gasteiger partial charge in [-0.15, -0.1) is 0 Å². The highest BCUT2D eigenvalue weighted by molar-refractivity contribution is 8.16. The summed E-state index contributed by atoms with van der Waals surface area (Å²) in [4.78, 5) is 36.3. The van der Waals surface area contributed by atoms with Crippen LogP contribution < -0.4 is 5.32 Å². The third kappa shape index (κ3) is 5.77. The number of ether oxygens (including phenoxy) is 2. The fraction of sp³-hybridized carbons (Fsp3) is 0.280. The van der Waals surface area contributed by atoms with Crippen molar-refractivity contribution in [1.29, 1.82) is 0 Å². The fourth-order valence-corrected chi connectivity index (χ4v) is 4.78. The van der Waals surface area contributed by atoms with Crippen molar-refractivity contribution in [1.82, 2.24) is 15.2 Å². The molecule has 8 nitrogen and oxygen atoms in total. The summed E-state index contributed by atoms with van der Waals surface area (Å²) < 4.78 is 24.1. The summed E-state index contributed by atoms with van der Waals surface area (Å²) in [6.45, 7) is 2.47. The summed E-state index contributed by atoms with van der Waals surface area (Å²) in [5.41, 5.74) is 3.15. The molecule has 0 bridgehead atoms. The second-order valence-electron chi connectivity index (χ2n) is 7.88. The van der Waals surface area contributed by atoms with Gasteiger partial charge in [-0.2, -0.15) is 0 Å². The maximum absolute atomic E-state index is 13.7.